The van der Waals surface area contributed by atoms with E-state index in [-0.39, 0.29) is 44.9 Å². The Hall–Kier alpha value is -1.62. The van der Waals surface area contributed by atoms with E-state index in [9.17, 15) is 0 Å². The number of aryl methyl sites for hydroxylation is 4. The van der Waals surface area contributed by atoms with Gasteiger partial charge in [0, 0.05) is 70.4 Å². The van der Waals surface area contributed by atoms with Crippen LogP contribution in [0.15, 0.2) is 60.8 Å². The Morgan fingerprint density at radius 3 is 1.52 bits per heavy atom. The van der Waals surface area contributed by atoms with Crippen molar-refractivity contribution < 1.29 is 44.9 Å². The number of pyridine rings is 1. The largest absolute Gasteiger partial charge is 1.00 e. The average molecular weight is 571 g/mol. The van der Waals surface area contributed by atoms with Crippen molar-refractivity contribution in [3.63, 3.8) is 0 Å². The van der Waals surface area contributed by atoms with Gasteiger partial charge in [0.05, 0.1) is 5.69 Å². The number of hydrogen-bond acceptors (Lipinski definition) is 4. The summed E-state index contributed by atoms with van der Waals surface area (Å²) in [7, 11) is 0. The van der Waals surface area contributed by atoms with Gasteiger partial charge in [-0.2, -0.15) is 0 Å². The quantitative estimate of drug-likeness (QED) is 0.340. The van der Waals surface area contributed by atoms with Gasteiger partial charge in [-0.25, -0.2) is 0 Å². The summed E-state index contributed by atoms with van der Waals surface area (Å²) >= 11 is 0. The number of nitrogens with one attached hydrogen (secondary N) is 2. The fourth-order valence-corrected chi connectivity index (χ4v) is 3.86. The minimum absolute atomic E-state index is 0. The van der Waals surface area contributed by atoms with Gasteiger partial charge in [-0.05, 0) is 62.1 Å². The summed E-state index contributed by atoms with van der Waals surface area (Å²) in [6.45, 7) is 13.2. The molecule has 3 aromatic rings. The summed E-state index contributed by atoms with van der Waals surface area (Å²) in [5.74, 6) is 0. The fourth-order valence-electron chi connectivity index (χ4n) is 3.86. The van der Waals surface area contributed by atoms with E-state index in [2.05, 4.69) is 96.7 Å². The minimum atomic E-state index is 0. The van der Waals surface area contributed by atoms with E-state index < -0.39 is 0 Å². The first kappa shape index (κ1) is 31.4. The van der Waals surface area contributed by atoms with E-state index in [0.29, 0.717) is 0 Å². The van der Waals surface area contributed by atoms with Gasteiger partial charge < -0.3 is 35.4 Å². The van der Waals surface area contributed by atoms with Crippen LogP contribution in [-0.2, 0) is 26.7 Å². The van der Waals surface area contributed by atoms with Crippen LogP contribution >= 0.6 is 0 Å². The van der Waals surface area contributed by atoms with Crippen LogP contribution in [0, 0.1) is 27.7 Å². The molecule has 2 aromatic carbocycles. The molecule has 1 radical (unpaired) electrons. The van der Waals surface area contributed by atoms with Gasteiger partial charge in [0.15, 0.2) is 0 Å². The van der Waals surface area contributed by atoms with Crippen LogP contribution in [-0.4, -0.2) is 36.1 Å². The van der Waals surface area contributed by atoms with Crippen LogP contribution < -0.4 is 35.4 Å². The first-order valence-corrected chi connectivity index (χ1v) is 10.8. The van der Waals surface area contributed by atoms with Crippen LogP contribution in [0.1, 0.15) is 27.9 Å². The molecule has 0 aliphatic carbocycles. The van der Waals surface area contributed by atoms with E-state index in [1.807, 2.05) is 12.3 Å². The monoisotopic (exact) mass is 569 g/mol. The van der Waals surface area contributed by atoms with Crippen molar-refractivity contribution in [1.82, 2.24) is 9.88 Å². The number of halogens is 2. The maximum Gasteiger partial charge on any atom is 0.0543 e. The van der Waals surface area contributed by atoms with Crippen LogP contribution in [0.3, 0.4) is 0 Å². The van der Waals surface area contributed by atoms with Crippen LogP contribution in [0.25, 0.3) is 0 Å². The molecule has 181 valence electrons. The molecule has 0 saturated heterocycles. The number of aromatic nitrogens is 1. The van der Waals surface area contributed by atoms with Gasteiger partial charge in [-0.1, -0.05) is 42.5 Å². The summed E-state index contributed by atoms with van der Waals surface area (Å²) in [4.78, 5) is 6.99. The zero-order valence-electron chi connectivity index (χ0n) is 19.8. The molecule has 0 aliphatic rings. The van der Waals surface area contributed by atoms with Crippen molar-refractivity contribution in [3.8, 4) is 0 Å². The number of anilines is 2. The van der Waals surface area contributed by atoms with Crippen molar-refractivity contribution >= 4 is 11.4 Å². The number of para-hydroxylation sites is 2. The predicted molar refractivity (Wildman–Crippen MR) is 128 cm³/mol. The first-order chi connectivity index (χ1) is 14.5. The van der Waals surface area contributed by atoms with Gasteiger partial charge in [0.25, 0.3) is 0 Å². The van der Waals surface area contributed by atoms with Gasteiger partial charge >= 0.3 is 0 Å². The summed E-state index contributed by atoms with van der Waals surface area (Å²) in [5, 5.41) is 7.28. The molecule has 0 spiro atoms. The topological polar surface area (TPSA) is 40.2 Å². The summed E-state index contributed by atoms with van der Waals surface area (Å²) in [5.41, 5.74) is 8.79. The summed E-state index contributed by atoms with van der Waals surface area (Å²) in [6, 6.07) is 19.0. The van der Waals surface area contributed by atoms with Gasteiger partial charge in [-0.3, -0.25) is 9.88 Å². The van der Waals surface area contributed by atoms with E-state index >= 15 is 0 Å². The van der Waals surface area contributed by atoms with Gasteiger partial charge in [-0.15, -0.1) is 0 Å². The molecule has 0 atom stereocenters. The van der Waals surface area contributed by atoms with E-state index in [4.69, 9.17) is 0 Å². The number of benzene rings is 2. The summed E-state index contributed by atoms with van der Waals surface area (Å²) in [6.07, 6.45) is 1.87. The Kier molecular flexibility index (Phi) is 15.3. The molecule has 0 unspecified atom stereocenters. The minimum Gasteiger partial charge on any atom is -1.00 e. The molecule has 7 heteroatoms. The molecular weight excluding hydrogens is 537 g/mol. The molecule has 33 heavy (non-hydrogen) atoms. The van der Waals surface area contributed by atoms with Crippen molar-refractivity contribution in [3.05, 3.63) is 88.7 Å². The smallest absolute Gasteiger partial charge is 0.0543 e. The molecule has 0 saturated carbocycles. The molecule has 1 heterocycles. The Morgan fingerprint density at radius 1 is 0.667 bits per heavy atom. The SMILES string of the molecule is Cc1cccc(C)c1NCCN(CCNc1c(C)cccc1C)Cc1ccccn1.[Cl-].[Cl-].[Tc]. The molecule has 0 fully saturated rings. The molecule has 0 bridgehead atoms. The van der Waals surface area contributed by atoms with Crippen molar-refractivity contribution in [2.75, 3.05) is 36.8 Å². The second-order valence-corrected chi connectivity index (χ2v) is 7.98. The Bertz CT molecular complexity index is 856. The van der Waals surface area contributed by atoms with E-state index in [1.165, 1.54) is 33.6 Å². The third kappa shape index (κ3) is 9.64. The fraction of sp³-hybridized carbons (Fsp3) is 0.346. The standard InChI is InChI=1S/C26H34N4.2ClH.Tc/c1-20-9-7-10-21(2)25(20)28-15-17-30(19-24-13-5-6-14-27-24)18-16-29-26-22(3)11-8-12-23(26)4;;;/h5-14,28-29H,15-19H2,1-4H3;2*1H;/p-2. The second-order valence-electron chi connectivity index (χ2n) is 7.98. The number of hydrogen-bond donors (Lipinski definition) is 2. The summed E-state index contributed by atoms with van der Waals surface area (Å²) < 4.78 is 0. The molecule has 0 aliphatic heterocycles. The molecule has 3 rings (SSSR count). The third-order valence-corrected chi connectivity index (χ3v) is 5.53. The van der Waals surface area contributed by atoms with Crippen molar-refractivity contribution in [1.29, 1.82) is 0 Å². The van der Waals surface area contributed by atoms with Crippen LogP contribution in [0.2, 0.25) is 0 Å². The second kappa shape index (κ2) is 16.1. The third-order valence-electron chi connectivity index (χ3n) is 5.53. The zero-order chi connectivity index (χ0) is 21.3. The Balaban J connectivity index is 0.00000341. The van der Waals surface area contributed by atoms with Crippen molar-refractivity contribution in [2.45, 2.75) is 34.2 Å². The zero-order valence-corrected chi connectivity index (χ0v) is 23.2. The number of nitrogens with zero attached hydrogens (tertiary/aromatic N) is 2. The number of rotatable bonds is 10. The molecule has 1 aromatic heterocycles. The van der Waals surface area contributed by atoms with Crippen LogP contribution in [0.4, 0.5) is 11.4 Å². The van der Waals surface area contributed by atoms with E-state index in [1.54, 1.807) is 0 Å². The molecule has 0 amide bonds. The first-order valence-electron chi connectivity index (χ1n) is 10.8. The van der Waals surface area contributed by atoms with Crippen LogP contribution in [0.5, 0.6) is 0 Å². The van der Waals surface area contributed by atoms with Gasteiger partial charge in [0.1, 0.15) is 0 Å². The Labute approximate surface area is 225 Å². The predicted octanol–water partition coefficient (Wildman–Crippen LogP) is -0.653. The molecule has 2 N–H and O–H groups in total. The molecule has 4 nitrogen and oxygen atoms in total. The van der Waals surface area contributed by atoms with Gasteiger partial charge in [0.2, 0.25) is 0 Å². The molecular formula is C26H34Cl2N4Tc-2. The van der Waals surface area contributed by atoms with E-state index in [0.717, 1.165) is 38.4 Å². The average Bonchev–Trinajstić information content (AvgIpc) is 2.73. The Morgan fingerprint density at radius 2 is 1.12 bits per heavy atom. The maximum absolute atomic E-state index is 4.53. The van der Waals surface area contributed by atoms with Crippen molar-refractivity contribution in [2.24, 2.45) is 0 Å². The normalized spacial score (nSPS) is 9.97. The maximum atomic E-state index is 4.53.